The Kier molecular flexibility index (Phi) is 5.28. The minimum Gasteiger partial charge on any atom is -0.379 e. The Morgan fingerprint density at radius 1 is 0.955 bits per heavy atom. The third-order valence-electron chi connectivity index (χ3n) is 3.92. The third kappa shape index (κ3) is 3.98. The Bertz CT molecular complexity index is 603. The van der Waals surface area contributed by atoms with Crippen LogP contribution in [0.15, 0.2) is 60.7 Å². The molecule has 1 heterocycles. The van der Waals surface area contributed by atoms with Crippen molar-refractivity contribution in [1.29, 1.82) is 0 Å². The molecule has 1 aliphatic heterocycles. The van der Waals surface area contributed by atoms with Gasteiger partial charge in [0, 0.05) is 18.1 Å². The van der Waals surface area contributed by atoms with Gasteiger partial charge in [0.25, 0.3) is 0 Å². The lowest BCUT2D eigenvalue weighted by Gasteiger charge is -2.33. The fourth-order valence-corrected chi connectivity index (χ4v) is 2.85. The molecule has 0 amide bonds. The third-order valence-corrected chi connectivity index (χ3v) is 4.17. The number of ether oxygens (including phenoxy) is 1. The van der Waals surface area contributed by atoms with E-state index in [1.807, 2.05) is 18.2 Å². The lowest BCUT2D eigenvalue weighted by Crippen LogP contribution is -2.38. The van der Waals surface area contributed by atoms with Crippen LogP contribution in [0.4, 0.5) is 0 Å². The lowest BCUT2D eigenvalue weighted by atomic mass is 10.0. The van der Waals surface area contributed by atoms with Gasteiger partial charge in [-0.3, -0.25) is 4.90 Å². The summed E-state index contributed by atoms with van der Waals surface area (Å²) in [7, 11) is 0. The molecule has 114 valence electrons. The first-order chi connectivity index (χ1) is 10.8. The Balaban J connectivity index is 1.85. The van der Waals surface area contributed by atoms with Gasteiger partial charge in [-0.05, 0) is 23.3 Å². The van der Waals surface area contributed by atoms with Gasteiger partial charge < -0.3 is 4.74 Å². The predicted molar refractivity (Wildman–Crippen MR) is 92.1 cm³/mol. The zero-order valence-corrected chi connectivity index (χ0v) is 13.2. The van der Waals surface area contributed by atoms with Crippen molar-refractivity contribution in [2.45, 2.75) is 6.04 Å². The van der Waals surface area contributed by atoms with Gasteiger partial charge in [0.2, 0.25) is 0 Å². The molecule has 2 nitrogen and oxygen atoms in total. The molecule has 0 saturated carbocycles. The van der Waals surface area contributed by atoms with Crippen molar-refractivity contribution in [1.82, 2.24) is 4.90 Å². The topological polar surface area (TPSA) is 12.5 Å². The highest BCUT2D eigenvalue weighted by molar-refractivity contribution is 6.30. The fraction of sp³-hybridized carbons (Fsp3) is 0.263. The smallest absolute Gasteiger partial charge is 0.0594 e. The van der Waals surface area contributed by atoms with Gasteiger partial charge in [-0.1, -0.05) is 66.2 Å². The monoisotopic (exact) mass is 313 g/mol. The number of nitrogens with zero attached hydrogens (tertiary/aromatic N) is 1. The minimum absolute atomic E-state index is 0.251. The highest BCUT2D eigenvalue weighted by atomic mass is 35.5. The van der Waals surface area contributed by atoms with Crippen LogP contribution in [0.5, 0.6) is 0 Å². The molecule has 3 heteroatoms. The molecule has 0 N–H and O–H groups in total. The van der Waals surface area contributed by atoms with E-state index in [2.05, 4.69) is 53.5 Å². The minimum atomic E-state index is 0.251. The van der Waals surface area contributed by atoms with Gasteiger partial charge in [0.1, 0.15) is 0 Å². The van der Waals surface area contributed by atoms with Crippen molar-refractivity contribution in [2.75, 3.05) is 26.3 Å². The van der Waals surface area contributed by atoms with E-state index in [1.165, 1.54) is 11.1 Å². The van der Waals surface area contributed by atoms with Crippen LogP contribution in [-0.4, -0.2) is 31.2 Å². The lowest BCUT2D eigenvalue weighted by molar-refractivity contribution is 0.0254. The van der Waals surface area contributed by atoms with E-state index in [4.69, 9.17) is 16.3 Å². The molecule has 0 aliphatic carbocycles. The Hall–Kier alpha value is -1.61. The first kappa shape index (κ1) is 15.3. The van der Waals surface area contributed by atoms with Crippen LogP contribution in [-0.2, 0) is 4.74 Å². The summed E-state index contributed by atoms with van der Waals surface area (Å²) < 4.78 is 5.48. The first-order valence-corrected chi connectivity index (χ1v) is 8.01. The molecule has 0 spiro atoms. The standard InChI is InChI=1S/C19H20ClNO/c20-18-9-7-17(8-10-18)19(21-12-14-22-15-13-21)11-6-16-4-2-1-3-5-16/h1-11,19H,12-15H2/b11-6-. The fourth-order valence-electron chi connectivity index (χ4n) is 2.73. The summed E-state index contributed by atoms with van der Waals surface area (Å²) >= 11 is 6.02. The van der Waals surface area contributed by atoms with Gasteiger partial charge in [-0.25, -0.2) is 0 Å². The van der Waals surface area contributed by atoms with Crippen molar-refractivity contribution in [2.24, 2.45) is 0 Å². The summed E-state index contributed by atoms with van der Waals surface area (Å²) in [6, 6.07) is 18.8. The molecule has 2 aromatic rings. The number of halogens is 1. The van der Waals surface area contributed by atoms with Gasteiger partial charge in [0.15, 0.2) is 0 Å². The second kappa shape index (κ2) is 7.59. The van der Waals surface area contributed by atoms with Crippen LogP contribution in [0.25, 0.3) is 6.08 Å². The second-order valence-electron chi connectivity index (χ2n) is 5.41. The zero-order valence-electron chi connectivity index (χ0n) is 12.5. The van der Waals surface area contributed by atoms with Gasteiger partial charge in [-0.15, -0.1) is 0 Å². The Morgan fingerprint density at radius 2 is 1.64 bits per heavy atom. The summed E-state index contributed by atoms with van der Waals surface area (Å²) in [4.78, 5) is 2.45. The van der Waals surface area contributed by atoms with Crippen LogP contribution in [0, 0.1) is 0 Å². The van der Waals surface area contributed by atoms with Crippen LogP contribution >= 0.6 is 11.6 Å². The molecular formula is C19H20ClNO. The van der Waals surface area contributed by atoms with Crippen molar-refractivity contribution in [3.05, 3.63) is 76.8 Å². The van der Waals surface area contributed by atoms with E-state index in [-0.39, 0.29) is 6.04 Å². The Labute approximate surface area is 137 Å². The molecule has 0 radical (unpaired) electrons. The number of benzene rings is 2. The maximum atomic E-state index is 6.02. The molecule has 22 heavy (non-hydrogen) atoms. The van der Waals surface area contributed by atoms with E-state index in [0.29, 0.717) is 0 Å². The van der Waals surface area contributed by atoms with Gasteiger partial charge in [0.05, 0.1) is 19.3 Å². The number of hydrogen-bond acceptors (Lipinski definition) is 2. The number of hydrogen-bond donors (Lipinski definition) is 0. The molecule has 1 aliphatic rings. The SMILES string of the molecule is Clc1ccc(C(/C=C\c2ccccc2)N2CCOCC2)cc1. The molecule has 1 fully saturated rings. The average Bonchev–Trinajstić information content (AvgIpc) is 2.58. The second-order valence-corrected chi connectivity index (χ2v) is 5.85. The van der Waals surface area contributed by atoms with Crippen molar-refractivity contribution in [3.8, 4) is 0 Å². The van der Waals surface area contributed by atoms with E-state index in [1.54, 1.807) is 0 Å². The Morgan fingerprint density at radius 3 is 2.32 bits per heavy atom. The summed E-state index contributed by atoms with van der Waals surface area (Å²) in [5.41, 5.74) is 2.48. The summed E-state index contributed by atoms with van der Waals surface area (Å²) in [6.07, 6.45) is 4.46. The maximum Gasteiger partial charge on any atom is 0.0594 e. The van der Waals surface area contributed by atoms with Crippen molar-refractivity contribution in [3.63, 3.8) is 0 Å². The van der Waals surface area contributed by atoms with E-state index < -0.39 is 0 Å². The predicted octanol–water partition coefficient (Wildman–Crippen LogP) is 4.43. The summed E-state index contributed by atoms with van der Waals surface area (Å²) in [5.74, 6) is 0. The van der Waals surface area contributed by atoms with Crippen molar-refractivity contribution >= 4 is 17.7 Å². The molecule has 0 aromatic heterocycles. The van der Waals surface area contributed by atoms with Crippen molar-refractivity contribution < 1.29 is 4.74 Å². The molecule has 1 saturated heterocycles. The van der Waals surface area contributed by atoms with E-state index >= 15 is 0 Å². The molecule has 3 rings (SSSR count). The highest BCUT2D eigenvalue weighted by Gasteiger charge is 2.20. The van der Waals surface area contributed by atoms with E-state index in [0.717, 1.165) is 31.3 Å². The number of rotatable bonds is 4. The van der Waals surface area contributed by atoms with Crippen LogP contribution in [0.1, 0.15) is 17.2 Å². The summed E-state index contributed by atoms with van der Waals surface area (Å²) in [6.45, 7) is 3.49. The van der Waals surface area contributed by atoms with Crippen LogP contribution in [0.2, 0.25) is 5.02 Å². The molecule has 0 bridgehead atoms. The van der Waals surface area contributed by atoms with Gasteiger partial charge >= 0.3 is 0 Å². The normalized spacial score (nSPS) is 17.7. The molecular weight excluding hydrogens is 294 g/mol. The van der Waals surface area contributed by atoms with Crippen LogP contribution < -0.4 is 0 Å². The number of morpholine rings is 1. The zero-order chi connectivity index (χ0) is 15.2. The van der Waals surface area contributed by atoms with E-state index in [9.17, 15) is 0 Å². The molecule has 2 aromatic carbocycles. The first-order valence-electron chi connectivity index (χ1n) is 7.63. The maximum absolute atomic E-state index is 6.02. The average molecular weight is 314 g/mol. The molecule has 1 unspecified atom stereocenters. The highest BCUT2D eigenvalue weighted by Crippen LogP contribution is 2.25. The van der Waals surface area contributed by atoms with Gasteiger partial charge in [-0.2, -0.15) is 0 Å². The van der Waals surface area contributed by atoms with Crippen LogP contribution in [0.3, 0.4) is 0 Å². The quantitative estimate of drug-likeness (QED) is 0.828. The molecule has 1 atom stereocenters. The summed E-state index contributed by atoms with van der Waals surface area (Å²) in [5, 5.41) is 0.775. The largest absolute Gasteiger partial charge is 0.379 e.